The number of halogens is 3. The summed E-state index contributed by atoms with van der Waals surface area (Å²) in [5, 5.41) is 0. The van der Waals surface area contributed by atoms with Gasteiger partial charge < -0.3 is 5.73 Å². The molecule has 0 unspecified atom stereocenters. The predicted octanol–water partition coefficient (Wildman–Crippen LogP) is 2.94. The van der Waals surface area contributed by atoms with E-state index in [-0.39, 0.29) is 42.6 Å². The molecule has 0 atom stereocenters. The summed E-state index contributed by atoms with van der Waals surface area (Å²) in [5.41, 5.74) is 5.24. The average Bonchev–Trinajstić information content (AvgIpc) is 2.74. The summed E-state index contributed by atoms with van der Waals surface area (Å²) in [4.78, 5) is 0. The first-order chi connectivity index (χ1) is 11.0. The Kier molecular flexibility index (Phi) is 5.32. The van der Waals surface area contributed by atoms with Crippen LogP contribution in [0.15, 0.2) is 42.5 Å². The van der Waals surface area contributed by atoms with Gasteiger partial charge in [0.1, 0.15) is 17.3 Å². The fourth-order valence-electron chi connectivity index (χ4n) is 2.58. The van der Waals surface area contributed by atoms with Gasteiger partial charge in [-0.1, -0.05) is 18.2 Å². The molecule has 5 nitrogen and oxygen atoms in total. The van der Waals surface area contributed by atoms with E-state index in [0.29, 0.717) is 10.7 Å². The molecule has 1 heterocycles. The Labute approximate surface area is 145 Å². The maximum Gasteiger partial charge on any atom is 0.331 e. The predicted molar refractivity (Wildman–Crippen MR) is 92.1 cm³/mol. The van der Waals surface area contributed by atoms with Gasteiger partial charge in [-0.3, -0.25) is 4.31 Å². The molecule has 2 N–H and O–H groups in total. The van der Waals surface area contributed by atoms with E-state index in [1.807, 2.05) is 0 Å². The fraction of sp³-hybridized carbons (Fsp3) is 0.200. The van der Waals surface area contributed by atoms with E-state index in [9.17, 15) is 17.2 Å². The zero-order chi connectivity index (χ0) is 16.6. The number of anilines is 3. The minimum atomic E-state index is -4.13. The molecule has 0 saturated heterocycles. The Bertz CT molecular complexity index is 848. The summed E-state index contributed by atoms with van der Waals surface area (Å²) >= 11 is 0. The van der Waals surface area contributed by atoms with Crippen LogP contribution in [0.3, 0.4) is 0 Å². The van der Waals surface area contributed by atoms with Crippen molar-refractivity contribution < 1.29 is 17.2 Å². The normalized spacial score (nSPS) is 15.1. The zero-order valence-electron chi connectivity index (χ0n) is 12.5. The smallest absolute Gasteiger partial charge is 0.330 e. The first kappa shape index (κ1) is 18.4. The second-order valence-corrected chi connectivity index (χ2v) is 6.75. The molecule has 0 amide bonds. The molecule has 3 rings (SSSR count). The van der Waals surface area contributed by atoms with Gasteiger partial charge in [-0.2, -0.15) is 8.42 Å². The van der Waals surface area contributed by atoms with Crippen molar-refractivity contribution in [2.45, 2.75) is 6.42 Å². The standard InChI is InChI=1S/C15H15F2N3O2S.ClH/c16-11-5-1-2-7-13(11)20-15-12(17)6-3-8-14(15)19(10-4-9-18)23(20,21)22;/h1-3,5-8H,4,9-10,18H2;1H. The van der Waals surface area contributed by atoms with Crippen molar-refractivity contribution in [2.24, 2.45) is 5.73 Å². The molecule has 1 aliphatic heterocycles. The van der Waals surface area contributed by atoms with Crippen LogP contribution < -0.4 is 14.3 Å². The lowest BCUT2D eigenvalue weighted by molar-refractivity contribution is 0.587. The van der Waals surface area contributed by atoms with Gasteiger partial charge in [0, 0.05) is 6.54 Å². The Balaban J connectivity index is 0.00000208. The molecule has 0 saturated carbocycles. The van der Waals surface area contributed by atoms with E-state index < -0.39 is 21.8 Å². The highest BCUT2D eigenvalue weighted by molar-refractivity contribution is 7.95. The van der Waals surface area contributed by atoms with Gasteiger partial charge in [-0.05, 0) is 37.2 Å². The molecule has 0 spiro atoms. The van der Waals surface area contributed by atoms with E-state index >= 15 is 0 Å². The summed E-state index contributed by atoms with van der Waals surface area (Å²) in [6, 6.07) is 9.43. The second kappa shape index (κ2) is 6.92. The monoisotopic (exact) mass is 375 g/mol. The van der Waals surface area contributed by atoms with Crippen LogP contribution in [-0.2, 0) is 10.2 Å². The molecule has 24 heavy (non-hydrogen) atoms. The van der Waals surface area contributed by atoms with Crippen molar-refractivity contribution in [2.75, 3.05) is 21.7 Å². The Morgan fingerprint density at radius 3 is 2.25 bits per heavy atom. The first-order valence-electron chi connectivity index (χ1n) is 7.04. The second-order valence-electron chi connectivity index (χ2n) is 5.05. The molecule has 2 aromatic rings. The van der Waals surface area contributed by atoms with Gasteiger partial charge >= 0.3 is 10.2 Å². The molecular formula is C15H16ClF2N3O2S. The third kappa shape index (κ3) is 2.81. The number of fused-ring (bicyclic) bond motifs is 1. The molecule has 2 aromatic carbocycles. The van der Waals surface area contributed by atoms with Gasteiger partial charge in [0.2, 0.25) is 0 Å². The van der Waals surface area contributed by atoms with E-state index in [2.05, 4.69) is 0 Å². The van der Waals surface area contributed by atoms with Crippen molar-refractivity contribution in [3.8, 4) is 0 Å². The van der Waals surface area contributed by atoms with E-state index in [1.165, 1.54) is 30.3 Å². The fourth-order valence-corrected chi connectivity index (χ4v) is 4.34. The molecule has 9 heteroatoms. The number of nitrogens with two attached hydrogens (primary N) is 1. The topological polar surface area (TPSA) is 66.6 Å². The SMILES string of the molecule is Cl.NCCCN1c2cccc(F)c2N(c2ccccc2F)S1(=O)=O. The lowest BCUT2D eigenvalue weighted by Crippen LogP contribution is -2.37. The highest BCUT2D eigenvalue weighted by atomic mass is 35.5. The quantitative estimate of drug-likeness (QED) is 0.893. The van der Waals surface area contributed by atoms with Crippen molar-refractivity contribution in [3.05, 3.63) is 54.1 Å². The van der Waals surface area contributed by atoms with E-state index in [0.717, 1.165) is 16.4 Å². The minimum absolute atomic E-state index is 0. The number of hydrogen-bond donors (Lipinski definition) is 1. The molecule has 0 aromatic heterocycles. The molecule has 1 aliphatic rings. The van der Waals surface area contributed by atoms with Crippen LogP contribution in [0.2, 0.25) is 0 Å². The zero-order valence-corrected chi connectivity index (χ0v) is 14.2. The lowest BCUT2D eigenvalue weighted by Gasteiger charge is -2.21. The van der Waals surface area contributed by atoms with Gasteiger partial charge in [0.15, 0.2) is 0 Å². The van der Waals surface area contributed by atoms with Crippen LogP contribution in [0.5, 0.6) is 0 Å². The highest BCUT2D eigenvalue weighted by Gasteiger charge is 2.43. The molecule has 0 radical (unpaired) electrons. The average molecular weight is 376 g/mol. The maximum absolute atomic E-state index is 14.3. The number of para-hydroxylation sites is 2. The summed E-state index contributed by atoms with van der Waals surface area (Å²) in [7, 11) is -4.13. The van der Waals surface area contributed by atoms with E-state index in [1.54, 1.807) is 0 Å². The maximum atomic E-state index is 14.3. The van der Waals surface area contributed by atoms with Crippen molar-refractivity contribution in [1.82, 2.24) is 0 Å². The van der Waals surface area contributed by atoms with Crippen molar-refractivity contribution in [3.63, 3.8) is 0 Å². The van der Waals surface area contributed by atoms with Gasteiger partial charge in [0.05, 0.1) is 11.4 Å². The Morgan fingerprint density at radius 2 is 1.58 bits per heavy atom. The van der Waals surface area contributed by atoms with Gasteiger partial charge in [-0.15, -0.1) is 12.4 Å². The summed E-state index contributed by atoms with van der Waals surface area (Å²) < 4.78 is 55.9. The molecule has 0 aliphatic carbocycles. The third-order valence-corrected chi connectivity index (χ3v) is 5.36. The van der Waals surface area contributed by atoms with Gasteiger partial charge in [0.25, 0.3) is 0 Å². The Hall–Kier alpha value is -1.90. The van der Waals surface area contributed by atoms with Crippen LogP contribution in [-0.4, -0.2) is 21.5 Å². The molecule has 130 valence electrons. The third-order valence-electron chi connectivity index (χ3n) is 3.58. The Morgan fingerprint density at radius 1 is 0.958 bits per heavy atom. The molecular weight excluding hydrogens is 360 g/mol. The molecule has 0 bridgehead atoms. The van der Waals surface area contributed by atoms with Crippen LogP contribution in [0.4, 0.5) is 25.8 Å². The van der Waals surface area contributed by atoms with Crippen LogP contribution >= 0.6 is 12.4 Å². The van der Waals surface area contributed by atoms with Crippen LogP contribution in [0.25, 0.3) is 0 Å². The van der Waals surface area contributed by atoms with E-state index in [4.69, 9.17) is 5.73 Å². The highest BCUT2D eigenvalue weighted by Crippen LogP contribution is 2.47. The first-order valence-corrected chi connectivity index (χ1v) is 8.44. The van der Waals surface area contributed by atoms with Crippen molar-refractivity contribution in [1.29, 1.82) is 0 Å². The number of nitrogens with zero attached hydrogens (tertiary/aromatic N) is 2. The van der Waals surface area contributed by atoms with Crippen molar-refractivity contribution >= 4 is 39.7 Å². The number of hydrogen-bond acceptors (Lipinski definition) is 3. The summed E-state index contributed by atoms with van der Waals surface area (Å²) in [6.07, 6.45) is 0.403. The van der Waals surface area contributed by atoms with Crippen LogP contribution in [0.1, 0.15) is 6.42 Å². The molecule has 0 fully saturated rings. The largest absolute Gasteiger partial charge is 0.331 e. The van der Waals surface area contributed by atoms with Crippen LogP contribution in [0, 0.1) is 11.6 Å². The number of rotatable bonds is 4. The summed E-state index contributed by atoms with van der Waals surface area (Å²) in [5.74, 6) is -1.48. The minimum Gasteiger partial charge on any atom is -0.330 e. The summed E-state index contributed by atoms with van der Waals surface area (Å²) in [6.45, 7) is 0.386. The lowest BCUT2D eigenvalue weighted by atomic mass is 10.2. The number of benzene rings is 2. The van der Waals surface area contributed by atoms with Gasteiger partial charge in [-0.25, -0.2) is 13.1 Å².